The molecule has 2 N–H and O–H groups in total. The Hall–Kier alpha value is -0.0800. The summed E-state index contributed by atoms with van der Waals surface area (Å²) in [6.45, 7) is 5.62. The van der Waals surface area contributed by atoms with Gasteiger partial charge in [-0.3, -0.25) is 4.90 Å². The van der Waals surface area contributed by atoms with Gasteiger partial charge in [0.2, 0.25) is 0 Å². The van der Waals surface area contributed by atoms with Crippen LogP contribution < -0.4 is 5.73 Å². The summed E-state index contributed by atoms with van der Waals surface area (Å²) in [4.78, 5) is 2.73. The van der Waals surface area contributed by atoms with Gasteiger partial charge in [0.15, 0.2) is 0 Å². The normalized spacial score (nSPS) is 40.6. The van der Waals surface area contributed by atoms with Gasteiger partial charge in [0.1, 0.15) is 0 Å². The number of likely N-dealkylation sites (N-methyl/N-ethyl adjacent to an activating group) is 1. The molecule has 0 aliphatic heterocycles. The monoisotopic (exact) mass is 266 g/mol. The van der Waals surface area contributed by atoms with E-state index in [2.05, 4.69) is 25.8 Å². The van der Waals surface area contributed by atoms with E-state index in [4.69, 9.17) is 5.73 Å². The highest BCUT2D eigenvalue weighted by Gasteiger charge is 2.44. The summed E-state index contributed by atoms with van der Waals surface area (Å²) in [6.07, 6.45) is 12.4. The smallest absolute Gasteiger partial charge is 0.0359 e. The van der Waals surface area contributed by atoms with Gasteiger partial charge in [-0.25, -0.2) is 0 Å². The Labute approximate surface area is 120 Å². The molecule has 2 nitrogen and oxygen atoms in total. The third-order valence-electron chi connectivity index (χ3n) is 6.25. The number of nitrogens with zero attached hydrogens (tertiary/aromatic N) is 1. The molecule has 2 saturated carbocycles. The first-order valence-corrected chi connectivity index (χ1v) is 8.57. The molecule has 0 saturated heterocycles. The van der Waals surface area contributed by atoms with Gasteiger partial charge in [0.25, 0.3) is 0 Å². The maximum Gasteiger partial charge on any atom is 0.0359 e. The van der Waals surface area contributed by atoms with Crippen molar-refractivity contribution in [1.82, 2.24) is 4.90 Å². The third kappa shape index (κ3) is 3.00. The van der Waals surface area contributed by atoms with Crippen LogP contribution in [-0.2, 0) is 0 Å². The van der Waals surface area contributed by atoms with E-state index in [1.54, 1.807) is 0 Å². The molecule has 2 atom stereocenters. The average Bonchev–Trinajstić information content (AvgIpc) is 2.47. The largest absolute Gasteiger partial charge is 0.329 e. The van der Waals surface area contributed by atoms with E-state index in [0.29, 0.717) is 5.54 Å². The van der Waals surface area contributed by atoms with Gasteiger partial charge < -0.3 is 5.73 Å². The highest BCUT2D eigenvalue weighted by molar-refractivity contribution is 5.00. The van der Waals surface area contributed by atoms with E-state index in [9.17, 15) is 0 Å². The number of hydrogen-bond donors (Lipinski definition) is 1. The van der Waals surface area contributed by atoms with Gasteiger partial charge >= 0.3 is 0 Å². The molecular weight excluding hydrogens is 232 g/mol. The zero-order valence-electron chi connectivity index (χ0n) is 13.3. The van der Waals surface area contributed by atoms with Crippen molar-refractivity contribution >= 4 is 0 Å². The van der Waals surface area contributed by atoms with Crippen LogP contribution in [0.4, 0.5) is 0 Å². The molecule has 0 radical (unpaired) electrons. The average molecular weight is 266 g/mol. The number of rotatable bonds is 4. The lowest BCUT2D eigenvalue weighted by Crippen LogP contribution is -2.61. The fraction of sp³-hybridized carbons (Fsp3) is 1.00. The van der Waals surface area contributed by atoms with Crippen LogP contribution in [-0.4, -0.2) is 30.1 Å². The molecule has 2 heteroatoms. The highest BCUT2D eigenvalue weighted by Crippen LogP contribution is 2.42. The van der Waals surface area contributed by atoms with Crippen LogP contribution in [0.3, 0.4) is 0 Å². The molecule has 0 aromatic rings. The first-order chi connectivity index (χ1) is 9.14. The summed E-state index contributed by atoms with van der Waals surface area (Å²) < 4.78 is 0. The minimum Gasteiger partial charge on any atom is -0.329 e. The predicted octanol–water partition coefficient (Wildman–Crippen LogP) is 3.79. The van der Waals surface area contributed by atoms with Gasteiger partial charge in [0, 0.05) is 18.1 Å². The summed E-state index contributed by atoms with van der Waals surface area (Å²) >= 11 is 0. The van der Waals surface area contributed by atoms with E-state index >= 15 is 0 Å². The Balaban J connectivity index is 2.10. The maximum atomic E-state index is 6.30. The molecule has 2 unspecified atom stereocenters. The Kier molecular flexibility index (Phi) is 5.30. The molecule has 0 aromatic carbocycles. The van der Waals surface area contributed by atoms with E-state index < -0.39 is 0 Å². The van der Waals surface area contributed by atoms with Crippen molar-refractivity contribution in [3.05, 3.63) is 0 Å². The summed E-state index contributed by atoms with van der Waals surface area (Å²) in [6, 6.07) is 0.784. The first kappa shape index (κ1) is 15.3. The van der Waals surface area contributed by atoms with Gasteiger partial charge in [-0.15, -0.1) is 0 Å². The van der Waals surface area contributed by atoms with Crippen LogP contribution in [0.2, 0.25) is 0 Å². The van der Waals surface area contributed by atoms with Crippen molar-refractivity contribution in [2.24, 2.45) is 17.6 Å². The van der Waals surface area contributed by atoms with Crippen LogP contribution in [0.25, 0.3) is 0 Å². The lowest BCUT2D eigenvalue weighted by molar-refractivity contribution is -0.0196. The van der Waals surface area contributed by atoms with Crippen LogP contribution in [0.15, 0.2) is 0 Å². The predicted molar refractivity (Wildman–Crippen MR) is 83.2 cm³/mol. The molecule has 0 amide bonds. The molecule has 0 spiro atoms. The van der Waals surface area contributed by atoms with Crippen molar-refractivity contribution < 1.29 is 0 Å². The molecular formula is C17H34N2. The lowest BCUT2D eigenvalue weighted by Gasteiger charge is -2.53. The van der Waals surface area contributed by atoms with Gasteiger partial charge in [-0.2, -0.15) is 0 Å². The van der Waals surface area contributed by atoms with Crippen molar-refractivity contribution in [1.29, 1.82) is 0 Å². The SMILES string of the molecule is CCC1CCCCC1(CN)N(C)C1CCC(C)CC1. The summed E-state index contributed by atoms with van der Waals surface area (Å²) in [5.41, 5.74) is 6.60. The molecule has 112 valence electrons. The van der Waals surface area contributed by atoms with Gasteiger partial charge in [-0.05, 0) is 57.4 Å². The minimum absolute atomic E-state index is 0.304. The molecule has 0 bridgehead atoms. The van der Waals surface area contributed by atoms with Crippen molar-refractivity contribution in [3.63, 3.8) is 0 Å². The zero-order valence-corrected chi connectivity index (χ0v) is 13.3. The van der Waals surface area contributed by atoms with Crippen molar-refractivity contribution in [2.45, 2.75) is 83.2 Å². The second-order valence-corrected chi connectivity index (χ2v) is 7.18. The third-order valence-corrected chi connectivity index (χ3v) is 6.25. The second kappa shape index (κ2) is 6.58. The standard InChI is InChI=1S/C17H34N2/c1-4-15-7-5-6-12-17(15,13-18)19(3)16-10-8-14(2)9-11-16/h14-16H,4-13,18H2,1-3H3. The second-order valence-electron chi connectivity index (χ2n) is 7.18. The van der Waals surface area contributed by atoms with E-state index in [-0.39, 0.29) is 0 Å². The summed E-state index contributed by atoms with van der Waals surface area (Å²) in [7, 11) is 2.38. The fourth-order valence-corrected chi connectivity index (χ4v) is 4.75. The molecule has 2 aliphatic carbocycles. The minimum atomic E-state index is 0.304. The van der Waals surface area contributed by atoms with Gasteiger partial charge in [0.05, 0.1) is 0 Å². The quantitative estimate of drug-likeness (QED) is 0.838. The first-order valence-electron chi connectivity index (χ1n) is 8.57. The molecule has 2 aliphatic rings. The lowest BCUT2D eigenvalue weighted by atomic mass is 9.69. The van der Waals surface area contributed by atoms with Crippen LogP contribution in [0.5, 0.6) is 0 Å². The Morgan fingerprint density at radius 3 is 2.37 bits per heavy atom. The van der Waals surface area contributed by atoms with Crippen molar-refractivity contribution in [3.8, 4) is 0 Å². The van der Waals surface area contributed by atoms with E-state index in [1.165, 1.54) is 57.8 Å². The molecule has 2 rings (SSSR count). The Morgan fingerprint density at radius 2 is 1.79 bits per heavy atom. The molecule has 0 heterocycles. The zero-order chi connectivity index (χ0) is 13.9. The van der Waals surface area contributed by atoms with Crippen LogP contribution in [0.1, 0.15) is 71.6 Å². The topological polar surface area (TPSA) is 29.3 Å². The number of hydrogen-bond acceptors (Lipinski definition) is 2. The highest BCUT2D eigenvalue weighted by atomic mass is 15.2. The van der Waals surface area contributed by atoms with Crippen molar-refractivity contribution in [2.75, 3.05) is 13.6 Å². The van der Waals surface area contributed by atoms with Gasteiger partial charge in [-0.1, -0.05) is 33.1 Å². The Bertz CT molecular complexity index is 270. The van der Waals surface area contributed by atoms with Crippen LogP contribution >= 0.6 is 0 Å². The maximum absolute atomic E-state index is 6.30. The number of nitrogens with two attached hydrogens (primary N) is 1. The summed E-state index contributed by atoms with van der Waals surface area (Å²) in [5, 5.41) is 0. The van der Waals surface area contributed by atoms with E-state index in [1.807, 2.05) is 0 Å². The Morgan fingerprint density at radius 1 is 1.11 bits per heavy atom. The molecule has 19 heavy (non-hydrogen) atoms. The fourth-order valence-electron chi connectivity index (χ4n) is 4.75. The van der Waals surface area contributed by atoms with Crippen LogP contribution in [0, 0.1) is 11.8 Å². The molecule has 0 aromatic heterocycles. The molecule has 2 fully saturated rings. The summed E-state index contributed by atoms with van der Waals surface area (Å²) in [5.74, 6) is 1.75. The van der Waals surface area contributed by atoms with E-state index in [0.717, 1.165) is 24.4 Å².